The van der Waals surface area contributed by atoms with Crippen LogP contribution in [0.5, 0.6) is 5.75 Å². The summed E-state index contributed by atoms with van der Waals surface area (Å²) in [5.74, 6) is 0.517. The van der Waals surface area contributed by atoms with Crippen molar-refractivity contribution < 1.29 is 14.3 Å². The summed E-state index contributed by atoms with van der Waals surface area (Å²) in [6.07, 6.45) is 9.41. The van der Waals surface area contributed by atoms with Gasteiger partial charge >= 0.3 is 6.09 Å². The number of benzene rings is 1. The molecule has 2 rings (SSSR count). The topological polar surface area (TPSA) is 50.8 Å². The summed E-state index contributed by atoms with van der Waals surface area (Å²) in [6, 6.07) is 6.83. The molecule has 1 N–H and O–H groups in total. The van der Waals surface area contributed by atoms with Crippen LogP contribution in [-0.4, -0.2) is 49.9 Å². The number of likely N-dealkylation sites (tertiary alicyclic amines) is 1. The number of rotatable bonds is 12. The minimum Gasteiger partial charge on any atom is -0.410 e. The van der Waals surface area contributed by atoms with Crippen LogP contribution in [0.4, 0.5) is 4.79 Å². The maximum Gasteiger partial charge on any atom is 0.415 e. The Morgan fingerprint density at radius 3 is 2.57 bits per heavy atom. The van der Waals surface area contributed by atoms with Crippen LogP contribution in [0.2, 0.25) is 5.02 Å². The Balaban J connectivity index is 1.48. The second kappa shape index (κ2) is 13.6. The minimum atomic E-state index is -0.303. The van der Waals surface area contributed by atoms with E-state index in [2.05, 4.69) is 11.9 Å². The van der Waals surface area contributed by atoms with Gasteiger partial charge in [-0.3, -0.25) is 0 Å². The van der Waals surface area contributed by atoms with Gasteiger partial charge in [-0.2, -0.15) is 0 Å². The molecule has 1 fully saturated rings. The molecule has 6 heteroatoms. The first-order chi connectivity index (χ1) is 13.7. The highest BCUT2D eigenvalue weighted by Crippen LogP contribution is 2.19. The van der Waals surface area contributed by atoms with Gasteiger partial charge in [0.05, 0.1) is 6.10 Å². The molecule has 0 unspecified atom stereocenters. The van der Waals surface area contributed by atoms with E-state index < -0.39 is 0 Å². The van der Waals surface area contributed by atoms with E-state index >= 15 is 0 Å². The molecule has 156 valence electrons. The number of ether oxygens (including phenoxy) is 2. The maximum atomic E-state index is 12.2. The van der Waals surface area contributed by atoms with Crippen LogP contribution in [0.3, 0.4) is 0 Å². The van der Waals surface area contributed by atoms with Gasteiger partial charge in [0, 0.05) is 24.7 Å². The van der Waals surface area contributed by atoms with Gasteiger partial charge in [0.25, 0.3) is 0 Å². The number of unbranched alkanes of at least 4 members (excludes halogenated alkanes) is 3. The van der Waals surface area contributed by atoms with E-state index in [1.165, 1.54) is 19.3 Å². The normalized spacial score (nSPS) is 14.8. The first-order valence-corrected chi connectivity index (χ1v) is 10.7. The van der Waals surface area contributed by atoms with Crippen molar-refractivity contribution in [2.24, 2.45) is 0 Å². The zero-order valence-corrected chi connectivity index (χ0v) is 17.5. The molecular formula is C22H33ClN2O3. The van der Waals surface area contributed by atoms with Gasteiger partial charge in [0.1, 0.15) is 5.75 Å². The zero-order chi connectivity index (χ0) is 20.0. The molecule has 0 radical (unpaired) electrons. The van der Waals surface area contributed by atoms with Crippen molar-refractivity contribution in [1.82, 2.24) is 10.2 Å². The van der Waals surface area contributed by atoms with Gasteiger partial charge in [0.2, 0.25) is 0 Å². The number of nitrogens with one attached hydrogen (secondary N) is 1. The molecule has 1 saturated heterocycles. The Labute approximate surface area is 174 Å². The van der Waals surface area contributed by atoms with Gasteiger partial charge in [-0.1, -0.05) is 30.5 Å². The van der Waals surface area contributed by atoms with Crippen molar-refractivity contribution in [3.8, 4) is 5.75 Å². The molecule has 0 saturated carbocycles. The Kier molecular flexibility index (Phi) is 11.0. The summed E-state index contributed by atoms with van der Waals surface area (Å²) in [4.78, 5) is 14.0. The lowest BCUT2D eigenvalue weighted by Crippen LogP contribution is -2.42. The Bertz CT molecular complexity index is 572. The molecular weight excluding hydrogens is 376 g/mol. The summed E-state index contributed by atoms with van der Waals surface area (Å²) in [5.41, 5.74) is 0. The number of halogens is 1. The predicted octanol–water partition coefficient (Wildman–Crippen LogP) is 5.05. The van der Waals surface area contributed by atoms with E-state index in [4.69, 9.17) is 21.1 Å². The third-order valence-corrected chi connectivity index (χ3v) is 5.10. The molecule has 0 bridgehead atoms. The SMILES string of the molecule is C=CCCNCCCCCCOC1CCN(C(=O)Oc2ccc(Cl)cc2)CC1. The predicted molar refractivity (Wildman–Crippen MR) is 114 cm³/mol. The highest BCUT2D eigenvalue weighted by atomic mass is 35.5. The van der Waals surface area contributed by atoms with Crippen LogP contribution in [0, 0.1) is 0 Å². The van der Waals surface area contributed by atoms with E-state index in [-0.39, 0.29) is 12.2 Å². The molecule has 0 spiro atoms. The highest BCUT2D eigenvalue weighted by molar-refractivity contribution is 6.30. The molecule has 1 amide bonds. The van der Waals surface area contributed by atoms with Crippen molar-refractivity contribution >= 4 is 17.7 Å². The van der Waals surface area contributed by atoms with Crippen LogP contribution in [0.1, 0.15) is 44.9 Å². The summed E-state index contributed by atoms with van der Waals surface area (Å²) in [7, 11) is 0. The highest BCUT2D eigenvalue weighted by Gasteiger charge is 2.24. The Hall–Kier alpha value is -1.56. The van der Waals surface area contributed by atoms with E-state index in [1.807, 2.05) is 6.08 Å². The van der Waals surface area contributed by atoms with E-state index in [0.717, 1.165) is 45.4 Å². The van der Waals surface area contributed by atoms with E-state index in [1.54, 1.807) is 29.2 Å². The zero-order valence-electron chi connectivity index (χ0n) is 16.7. The monoisotopic (exact) mass is 408 g/mol. The third kappa shape index (κ3) is 9.09. The maximum absolute atomic E-state index is 12.2. The Morgan fingerprint density at radius 1 is 1.14 bits per heavy atom. The van der Waals surface area contributed by atoms with Gasteiger partial charge in [-0.25, -0.2) is 4.79 Å². The first-order valence-electron chi connectivity index (χ1n) is 10.3. The Morgan fingerprint density at radius 2 is 1.86 bits per heavy atom. The fraction of sp³-hybridized carbons (Fsp3) is 0.591. The van der Waals surface area contributed by atoms with E-state index in [0.29, 0.717) is 23.9 Å². The molecule has 0 aromatic heterocycles. The van der Waals surface area contributed by atoms with Crippen molar-refractivity contribution in [2.75, 3.05) is 32.8 Å². The third-order valence-electron chi connectivity index (χ3n) is 4.85. The molecule has 1 heterocycles. The van der Waals surface area contributed by atoms with Gasteiger partial charge in [-0.15, -0.1) is 6.58 Å². The molecule has 28 heavy (non-hydrogen) atoms. The lowest BCUT2D eigenvalue weighted by molar-refractivity contribution is 0.00933. The standard InChI is InChI=1S/C22H33ClN2O3/c1-2-3-14-24-15-6-4-5-7-18-27-20-12-16-25(17-13-20)22(26)28-21-10-8-19(23)9-11-21/h2,8-11,20,24H,1,3-7,12-18H2. The second-order valence-electron chi connectivity index (χ2n) is 7.12. The summed E-state index contributed by atoms with van der Waals surface area (Å²) < 4.78 is 11.4. The van der Waals surface area contributed by atoms with Crippen LogP contribution >= 0.6 is 11.6 Å². The van der Waals surface area contributed by atoms with Crippen LogP contribution in [0.15, 0.2) is 36.9 Å². The van der Waals surface area contributed by atoms with Gasteiger partial charge in [0.15, 0.2) is 0 Å². The minimum absolute atomic E-state index is 0.250. The van der Waals surface area contributed by atoms with Crippen LogP contribution < -0.4 is 10.1 Å². The van der Waals surface area contributed by atoms with Crippen molar-refractivity contribution in [3.05, 3.63) is 41.9 Å². The average Bonchev–Trinajstić information content (AvgIpc) is 2.71. The molecule has 5 nitrogen and oxygen atoms in total. The quantitative estimate of drug-likeness (QED) is 0.388. The number of hydrogen-bond donors (Lipinski definition) is 1. The second-order valence-corrected chi connectivity index (χ2v) is 7.56. The van der Waals surface area contributed by atoms with E-state index in [9.17, 15) is 4.79 Å². The fourth-order valence-corrected chi connectivity index (χ4v) is 3.28. The number of hydrogen-bond acceptors (Lipinski definition) is 4. The van der Waals surface area contributed by atoms with Gasteiger partial charge in [-0.05, 0) is 69.5 Å². The summed E-state index contributed by atoms with van der Waals surface area (Å²) in [6.45, 7) is 7.98. The van der Waals surface area contributed by atoms with Crippen molar-refractivity contribution in [1.29, 1.82) is 0 Å². The smallest absolute Gasteiger partial charge is 0.410 e. The lowest BCUT2D eigenvalue weighted by atomic mass is 10.1. The summed E-state index contributed by atoms with van der Waals surface area (Å²) in [5, 5.41) is 4.03. The van der Waals surface area contributed by atoms with Crippen LogP contribution in [-0.2, 0) is 4.74 Å². The number of carbonyl (C=O) groups is 1. The van der Waals surface area contributed by atoms with Crippen molar-refractivity contribution in [2.45, 2.75) is 51.0 Å². The number of nitrogens with zero attached hydrogens (tertiary/aromatic N) is 1. The first kappa shape index (κ1) is 22.7. The average molecular weight is 409 g/mol. The molecule has 1 aromatic rings. The number of piperidine rings is 1. The van der Waals surface area contributed by atoms with Gasteiger partial charge < -0.3 is 19.7 Å². The number of amides is 1. The molecule has 0 aliphatic carbocycles. The molecule has 1 aliphatic heterocycles. The molecule has 0 atom stereocenters. The molecule has 1 aromatic carbocycles. The molecule has 1 aliphatic rings. The largest absolute Gasteiger partial charge is 0.415 e. The summed E-state index contributed by atoms with van der Waals surface area (Å²) >= 11 is 5.84. The fourth-order valence-electron chi connectivity index (χ4n) is 3.16. The van der Waals surface area contributed by atoms with Crippen molar-refractivity contribution in [3.63, 3.8) is 0 Å². The number of carbonyl (C=O) groups excluding carboxylic acids is 1. The van der Waals surface area contributed by atoms with Crippen LogP contribution in [0.25, 0.3) is 0 Å². The lowest BCUT2D eigenvalue weighted by Gasteiger charge is -2.31.